The first-order valence-electron chi connectivity index (χ1n) is 8.72. The fraction of sp³-hybridized carbons (Fsp3) is 0.632. The first-order valence-corrected chi connectivity index (χ1v) is 8.72. The fourth-order valence-electron chi connectivity index (χ4n) is 2.39. The van der Waals surface area contributed by atoms with Crippen LogP contribution in [-0.4, -0.2) is 58.9 Å². The molecule has 0 saturated heterocycles. The second-order valence-electron chi connectivity index (χ2n) is 6.33. The Balaban J connectivity index is 0.00000625. The van der Waals surface area contributed by atoms with Gasteiger partial charge in [0, 0.05) is 52.0 Å². The van der Waals surface area contributed by atoms with Crippen LogP contribution in [0.3, 0.4) is 0 Å². The molecule has 0 aromatic heterocycles. The van der Waals surface area contributed by atoms with Gasteiger partial charge in [-0.25, -0.2) is 0 Å². The van der Waals surface area contributed by atoms with Gasteiger partial charge in [-0.1, -0.05) is 13.8 Å². The van der Waals surface area contributed by atoms with Gasteiger partial charge in [0.1, 0.15) is 11.5 Å². The number of aliphatic imine (C=N–C) groups is 1. The van der Waals surface area contributed by atoms with Crippen molar-refractivity contribution < 1.29 is 14.2 Å². The molecule has 0 fully saturated rings. The van der Waals surface area contributed by atoms with Crippen LogP contribution in [0.25, 0.3) is 0 Å². The van der Waals surface area contributed by atoms with Gasteiger partial charge >= 0.3 is 0 Å². The summed E-state index contributed by atoms with van der Waals surface area (Å²) in [6, 6.07) is 5.85. The summed E-state index contributed by atoms with van der Waals surface area (Å²) in [5.74, 6) is 3.02. The van der Waals surface area contributed by atoms with Crippen LogP contribution in [0.1, 0.15) is 25.8 Å². The van der Waals surface area contributed by atoms with Crippen LogP contribution < -0.4 is 14.8 Å². The monoisotopic (exact) mass is 479 g/mol. The zero-order valence-corrected chi connectivity index (χ0v) is 19.2. The third-order valence-corrected chi connectivity index (χ3v) is 3.67. The van der Waals surface area contributed by atoms with Crippen LogP contribution in [0.15, 0.2) is 23.2 Å². The van der Waals surface area contributed by atoms with Crippen LogP contribution in [0.5, 0.6) is 11.5 Å². The van der Waals surface area contributed by atoms with Crippen LogP contribution in [0.4, 0.5) is 0 Å². The molecule has 26 heavy (non-hydrogen) atoms. The SMILES string of the molecule is CN=C(NCCCOCC(C)C)N(C)Cc1ccc(OC)cc1OC.I. The topological polar surface area (TPSA) is 55.3 Å². The molecule has 0 amide bonds. The molecule has 0 radical (unpaired) electrons. The van der Waals surface area contributed by atoms with Crippen molar-refractivity contribution in [2.45, 2.75) is 26.8 Å². The molecule has 1 rings (SSSR count). The summed E-state index contributed by atoms with van der Waals surface area (Å²) < 4.78 is 16.3. The number of rotatable bonds is 10. The number of halogens is 1. The molecular formula is C19H34IN3O3. The van der Waals surface area contributed by atoms with E-state index < -0.39 is 0 Å². The average Bonchev–Trinajstić information content (AvgIpc) is 2.61. The lowest BCUT2D eigenvalue weighted by atomic mass is 10.2. The molecular weight excluding hydrogens is 445 g/mol. The molecule has 1 aromatic rings. The van der Waals surface area contributed by atoms with Crippen LogP contribution in [0.2, 0.25) is 0 Å². The summed E-state index contributed by atoms with van der Waals surface area (Å²) in [7, 11) is 7.12. The van der Waals surface area contributed by atoms with Gasteiger partial charge in [-0.3, -0.25) is 4.99 Å². The number of guanidine groups is 1. The van der Waals surface area contributed by atoms with Gasteiger partial charge in [-0.05, 0) is 24.5 Å². The second kappa shape index (κ2) is 13.9. The summed E-state index contributed by atoms with van der Waals surface area (Å²) >= 11 is 0. The first-order chi connectivity index (χ1) is 12.0. The number of benzene rings is 1. The van der Waals surface area contributed by atoms with Crippen LogP contribution >= 0.6 is 24.0 Å². The van der Waals surface area contributed by atoms with Gasteiger partial charge in [0.05, 0.1) is 14.2 Å². The maximum absolute atomic E-state index is 5.60. The number of nitrogens with zero attached hydrogens (tertiary/aromatic N) is 2. The summed E-state index contributed by atoms with van der Waals surface area (Å²) in [6.45, 7) is 7.40. The van der Waals surface area contributed by atoms with E-state index in [2.05, 4.69) is 29.1 Å². The van der Waals surface area contributed by atoms with Gasteiger partial charge in [-0.2, -0.15) is 0 Å². The molecule has 0 heterocycles. The molecule has 0 bridgehead atoms. The van der Waals surface area contributed by atoms with Crippen molar-refractivity contribution in [1.29, 1.82) is 0 Å². The normalized spacial score (nSPS) is 11.1. The van der Waals surface area contributed by atoms with E-state index in [9.17, 15) is 0 Å². The number of methoxy groups -OCH3 is 2. The number of hydrogen-bond acceptors (Lipinski definition) is 4. The third kappa shape index (κ3) is 8.93. The Hall–Kier alpha value is -1.22. The Morgan fingerprint density at radius 1 is 1.23 bits per heavy atom. The third-order valence-electron chi connectivity index (χ3n) is 3.67. The fourth-order valence-corrected chi connectivity index (χ4v) is 2.39. The maximum Gasteiger partial charge on any atom is 0.193 e. The molecule has 1 N–H and O–H groups in total. The minimum atomic E-state index is 0. The Labute approximate surface area is 175 Å². The lowest BCUT2D eigenvalue weighted by Gasteiger charge is -2.23. The lowest BCUT2D eigenvalue weighted by molar-refractivity contribution is 0.108. The molecule has 0 aliphatic heterocycles. The molecule has 0 saturated carbocycles. The van der Waals surface area contributed by atoms with Gasteiger partial charge in [0.2, 0.25) is 0 Å². The van der Waals surface area contributed by atoms with Crippen molar-refractivity contribution in [2.24, 2.45) is 10.9 Å². The van der Waals surface area contributed by atoms with E-state index in [0.29, 0.717) is 12.5 Å². The van der Waals surface area contributed by atoms with E-state index in [0.717, 1.165) is 49.2 Å². The molecule has 0 aliphatic carbocycles. The summed E-state index contributed by atoms with van der Waals surface area (Å²) in [5.41, 5.74) is 1.08. The van der Waals surface area contributed by atoms with Crippen molar-refractivity contribution in [2.75, 3.05) is 48.1 Å². The average molecular weight is 479 g/mol. The zero-order chi connectivity index (χ0) is 18.7. The van der Waals surface area contributed by atoms with Crippen LogP contribution in [-0.2, 0) is 11.3 Å². The minimum Gasteiger partial charge on any atom is -0.497 e. The lowest BCUT2D eigenvalue weighted by Crippen LogP contribution is -2.39. The molecule has 0 atom stereocenters. The predicted molar refractivity (Wildman–Crippen MR) is 118 cm³/mol. The predicted octanol–water partition coefficient (Wildman–Crippen LogP) is 3.39. The number of hydrogen-bond donors (Lipinski definition) is 1. The number of ether oxygens (including phenoxy) is 3. The molecule has 0 spiro atoms. The smallest absolute Gasteiger partial charge is 0.193 e. The Morgan fingerprint density at radius 2 is 1.96 bits per heavy atom. The molecule has 6 nitrogen and oxygen atoms in total. The van der Waals surface area contributed by atoms with Gasteiger partial charge in [-0.15, -0.1) is 24.0 Å². The summed E-state index contributed by atoms with van der Waals surface area (Å²) in [6.07, 6.45) is 0.950. The van der Waals surface area contributed by atoms with Crippen molar-refractivity contribution in [1.82, 2.24) is 10.2 Å². The highest BCUT2D eigenvalue weighted by atomic mass is 127. The highest BCUT2D eigenvalue weighted by Gasteiger charge is 2.11. The number of nitrogens with one attached hydrogen (secondary N) is 1. The standard InChI is InChI=1S/C19H33N3O3.HI/c1-15(2)14-25-11-7-10-21-19(20-3)22(4)13-16-8-9-17(23-5)12-18(16)24-6;/h8-9,12,15H,7,10-11,13-14H2,1-6H3,(H,20,21);1H. The Bertz CT molecular complexity index is 539. The van der Waals surface area contributed by atoms with E-state index in [1.165, 1.54) is 0 Å². The van der Waals surface area contributed by atoms with E-state index in [1.54, 1.807) is 21.3 Å². The Kier molecular flexibility index (Phi) is 13.3. The zero-order valence-electron chi connectivity index (χ0n) is 16.9. The van der Waals surface area contributed by atoms with Crippen molar-refractivity contribution >= 4 is 29.9 Å². The maximum atomic E-state index is 5.60. The minimum absolute atomic E-state index is 0. The van der Waals surface area contributed by atoms with Crippen molar-refractivity contribution in [3.05, 3.63) is 23.8 Å². The first kappa shape index (κ1) is 24.8. The van der Waals surface area contributed by atoms with Gasteiger partial charge < -0.3 is 24.4 Å². The summed E-state index contributed by atoms with van der Waals surface area (Å²) in [4.78, 5) is 6.41. The van der Waals surface area contributed by atoms with E-state index in [1.807, 2.05) is 25.2 Å². The van der Waals surface area contributed by atoms with Crippen molar-refractivity contribution in [3.63, 3.8) is 0 Å². The van der Waals surface area contributed by atoms with Crippen LogP contribution in [0, 0.1) is 5.92 Å². The molecule has 150 valence electrons. The largest absolute Gasteiger partial charge is 0.497 e. The highest BCUT2D eigenvalue weighted by molar-refractivity contribution is 14.0. The van der Waals surface area contributed by atoms with E-state index in [4.69, 9.17) is 14.2 Å². The molecule has 7 heteroatoms. The molecule has 0 unspecified atom stereocenters. The Morgan fingerprint density at radius 3 is 2.54 bits per heavy atom. The van der Waals surface area contributed by atoms with Gasteiger partial charge in [0.25, 0.3) is 0 Å². The van der Waals surface area contributed by atoms with Gasteiger partial charge in [0.15, 0.2) is 5.96 Å². The van der Waals surface area contributed by atoms with E-state index in [-0.39, 0.29) is 24.0 Å². The van der Waals surface area contributed by atoms with Crippen molar-refractivity contribution in [3.8, 4) is 11.5 Å². The highest BCUT2D eigenvalue weighted by Crippen LogP contribution is 2.25. The summed E-state index contributed by atoms with van der Waals surface area (Å²) in [5, 5.41) is 3.37. The molecule has 0 aliphatic rings. The molecule has 1 aromatic carbocycles. The quantitative estimate of drug-likeness (QED) is 0.241. The second-order valence-corrected chi connectivity index (χ2v) is 6.33. The van der Waals surface area contributed by atoms with E-state index >= 15 is 0 Å².